The lowest BCUT2D eigenvalue weighted by atomic mass is 9.90. The van der Waals surface area contributed by atoms with Gasteiger partial charge in [0.25, 0.3) is 0 Å². The van der Waals surface area contributed by atoms with Crippen LogP contribution < -0.4 is 10.6 Å². The number of halogens is 1. The van der Waals surface area contributed by atoms with Gasteiger partial charge in [-0.3, -0.25) is 0 Å². The quantitative estimate of drug-likeness (QED) is 0.894. The molecule has 3 rings (SSSR count). The van der Waals surface area contributed by atoms with Crippen LogP contribution in [0.3, 0.4) is 0 Å². The van der Waals surface area contributed by atoms with Crippen molar-refractivity contribution in [3.05, 3.63) is 40.0 Å². The molecular weight excluding hydrogens is 316 g/mol. The summed E-state index contributed by atoms with van der Waals surface area (Å²) in [5.41, 5.74) is 4.04. The van der Waals surface area contributed by atoms with Gasteiger partial charge in [0, 0.05) is 18.9 Å². The number of nitrogens with one attached hydrogen (secondary N) is 2. The largest absolute Gasteiger partial charge is 0.357 e. The Hall–Kier alpha value is -1.62. The number of benzene rings is 1. The maximum Gasteiger partial charge on any atom is 0.224 e. The lowest BCUT2D eigenvalue weighted by Gasteiger charge is -2.20. The maximum absolute atomic E-state index is 4.45. The minimum atomic E-state index is 0.612. The average molecular weight is 333 g/mol. The molecule has 0 spiro atoms. The molecule has 0 aliphatic heterocycles. The molecule has 20 heavy (non-hydrogen) atoms. The molecule has 2 aromatic rings. The van der Waals surface area contributed by atoms with E-state index in [9.17, 15) is 0 Å². The molecule has 0 saturated carbocycles. The highest BCUT2D eigenvalue weighted by molar-refractivity contribution is 9.10. The van der Waals surface area contributed by atoms with Crippen LogP contribution in [0.5, 0.6) is 0 Å². The van der Waals surface area contributed by atoms with Crippen molar-refractivity contribution in [1.82, 2.24) is 9.97 Å². The second-order valence-corrected chi connectivity index (χ2v) is 5.77. The van der Waals surface area contributed by atoms with E-state index in [4.69, 9.17) is 0 Å². The molecular formula is C15H17BrN4. The highest BCUT2D eigenvalue weighted by Gasteiger charge is 2.14. The number of rotatable bonds is 3. The standard InChI is InChI=1S/C15H17BrN4/c1-17-15-18-9-12(16)14(20-15)19-13-8-4-6-10-5-2-3-7-11(10)13/h4,6,8-9H,2-3,5,7H2,1H3,(H2,17,18,19,20). The second-order valence-electron chi connectivity index (χ2n) is 4.92. The zero-order valence-electron chi connectivity index (χ0n) is 11.4. The minimum absolute atomic E-state index is 0.612. The molecule has 0 fully saturated rings. The predicted molar refractivity (Wildman–Crippen MR) is 85.6 cm³/mol. The van der Waals surface area contributed by atoms with E-state index in [1.54, 1.807) is 6.20 Å². The van der Waals surface area contributed by atoms with Gasteiger partial charge in [0.15, 0.2) is 0 Å². The average Bonchev–Trinajstić information content (AvgIpc) is 2.50. The highest BCUT2D eigenvalue weighted by Crippen LogP contribution is 2.31. The first-order valence-corrected chi connectivity index (χ1v) is 7.65. The summed E-state index contributed by atoms with van der Waals surface area (Å²) in [7, 11) is 1.82. The Morgan fingerprint density at radius 1 is 1.20 bits per heavy atom. The van der Waals surface area contributed by atoms with Gasteiger partial charge in [-0.1, -0.05) is 12.1 Å². The van der Waals surface area contributed by atoms with Crippen LogP contribution in [0.25, 0.3) is 0 Å². The van der Waals surface area contributed by atoms with Crippen LogP contribution in [0.4, 0.5) is 17.5 Å². The van der Waals surface area contributed by atoms with Gasteiger partial charge < -0.3 is 10.6 Å². The molecule has 4 nitrogen and oxygen atoms in total. The summed E-state index contributed by atoms with van der Waals surface area (Å²) in [5.74, 6) is 1.41. The molecule has 0 amide bonds. The number of aryl methyl sites for hydroxylation is 1. The van der Waals surface area contributed by atoms with Crippen molar-refractivity contribution in [2.75, 3.05) is 17.7 Å². The summed E-state index contributed by atoms with van der Waals surface area (Å²) in [6, 6.07) is 6.46. The third kappa shape index (κ3) is 2.63. The summed E-state index contributed by atoms with van der Waals surface area (Å²) in [4.78, 5) is 8.63. The fourth-order valence-corrected chi connectivity index (χ4v) is 2.89. The van der Waals surface area contributed by atoms with Gasteiger partial charge in [-0.05, 0) is 58.8 Å². The Labute approximate surface area is 127 Å². The number of hydrogen-bond acceptors (Lipinski definition) is 4. The van der Waals surface area contributed by atoms with E-state index < -0.39 is 0 Å². The second kappa shape index (κ2) is 5.79. The van der Waals surface area contributed by atoms with Gasteiger partial charge in [0.2, 0.25) is 5.95 Å². The third-order valence-electron chi connectivity index (χ3n) is 3.62. The number of aromatic nitrogens is 2. The van der Waals surface area contributed by atoms with E-state index in [1.807, 2.05) is 7.05 Å². The molecule has 2 N–H and O–H groups in total. The molecule has 1 heterocycles. The Kier molecular flexibility index (Phi) is 3.87. The van der Waals surface area contributed by atoms with Crippen LogP contribution >= 0.6 is 15.9 Å². The van der Waals surface area contributed by atoms with Crippen molar-refractivity contribution in [3.63, 3.8) is 0 Å². The van der Waals surface area contributed by atoms with Crippen molar-refractivity contribution < 1.29 is 0 Å². The highest BCUT2D eigenvalue weighted by atomic mass is 79.9. The fourth-order valence-electron chi connectivity index (χ4n) is 2.60. The van der Waals surface area contributed by atoms with E-state index >= 15 is 0 Å². The normalized spacial score (nSPS) is 13.7. The lowest BCUT2D eigenvalue weighted by molar-refractivity contribution is 0.687. The molecule has 104 valence electrons. The summed E-state index contributed by atoms with van der Waals surface area (Å²) in [5, 5.41) is 6.40. The van der Waals surface area contributed by atoms with Crippen molar-refractivity contribution >= 4 is 33.4 Å². The molecule has 0 radical (unpaired) electrons. The first-order valence-electron chi connectivity index (χ1n) is 6.86. The van der Waals surface area contributed by atoms with Gasteiger partial charge in [0.1, 0.15) is 5.82 Å². The molecule has 1 aromatic heterocycles. The predicted octanol–water partition coefficient (Wildman–Crippen LogP) is 3.90. The van der Waals surface area contributed by atoms with E-state index in [-0.39, 0.29) is 0 Å². The number of anilines is 3. The van der Waals surface area contributed by atoms with Crippen LogP contribution in [-0.2, 0) is 12.8 Å². The first-order chi connectivity index (χ1) is 9.78. The Morgan fingerprint density at radius 3 is 2.90 bits per heavy atom. The van der Waals surface area contributed by atoms with Crippen molar-refractivity contribution in [3.8, 4) is 0 Å². The summed E-state index contributed by atoms with van der Waals surface area (Å²) in [6.45, 7) is 0. The van der Waals surface area contributed by atoms with Crippen LogP contribution in [0.1, 0.15) is 24.0 Å². The maximum atomic E-state index is 4.45. The van der Waals surface area contributed by atoms with Gasteiger partial charge in [0.05, 0.1) is 4.47 Å². The minimum Gasteiger partial charge on any atom is -0.357 e. The number of hydrogen-bond donors (Lipinski definition) is 2. The third-order valence-corrected chi connectivity index (χ3v) is 4.20. The van der Waals surface area contributed by atoms with Gasteiger partial charge in [-0.2, -0.15) is 4.98 Å². The first kappa shape index (κ1) is 13.4. The van der Waals surface area contributed by atoms with Crippen molar-refractivity contribution in [2.24, 2.45) is 0 Å². The molecule has 1 aliphatic carbocycles. The van der Waals surface area contributed by atoms with E-state index in [1.165, 1.54) is 30.4 Å². The van der Waals surface area contributed by atoms with Crippen LogP contribution in [0.15, 0.2) is 28.9 Å². The molecule has 0 saturated heterocycles. The van der Waals surface area contributed by atoms with Crippen LogP contribution in [0.2, 0.25) is 0 Å². The topological polar surface area (TPSA) is 49.8 Å². The van der Waals surface area contributed by atoms with E-state index in [0.717, 1.165) is 22.4 Å². The molecule has 1 aliphatic rings. The summed E-state index contributed by atoms with van der Waals surface area (Å²) in [6.07, 6.45) is 6.63. The lowest BCUT2D eigenvalue weighted by Crippen LogP contribution is -2.07. The fraction of sp³-hybridized carbons (Fsp3) is 0.333. The zero-order valence-corrected chi connectivity index (χ0v) is 13.0. The number of fused-ring (bicyclic) bond motifs is 1. The molecule has 0 bridgehead atoms. The monoisotopic (exact) mass is 332 g/mol. The molecule has 0 unspecified atom stereocenters. The SMILES string of the molecule is CNc1ncc(Br)c(Nc2cccc3c2CCCC3)n1. The van der Waals surface area contributed by atoms with E-state index in [2.05, 4.69) is 54.7 Å². The smallest absolute Gasteiger partial charge is 0.224 e. The van der Waals surface area contributed by atoms with Crippen molar-refractivity contribution in [2.45, 2.75) is 25.7 Å². The van der Waals surface area contributed by atoms with Crippen LogP contribution in [0, 0.1) is 0 Å². The van der Waals surface area contributed by atoms with Gasteiger partial charge in [-0.25, -0.2) is 4.98 Å². The molecule has 0 atom stereocenters. The molecule has 1 aromatic carbocycles. The molecule has 5 heteroatoms. The Balaban J connectivity index is 1.95. The van der Waals surface area contributed by atoms with Crippen molar-refractivity contribution in [1.29, 1.82) is 0 Å². The zero-order chi connectivity index (χ0) is 13.9. The van der Waals surface area contributed by atoms with Gasteiger partial charge >= 0.3 is 0 Å². The summed E-state index contributed by atoms with van der Waals surface area (Å²) >= 11 is 3.50. The van der Waals surface area contributed by atoms with E-state index in [0.29, 0.717) is 5.95 Å². The number of nitrogens with zero attached hydrogens (tertiary/aromatic N) is 2. The Bertz CT molecular complexity index is 627. The van der Waals surface area contributed by atoms with Gasteiger partial charge in [-0.15, -0.1) is 0 Å². The Morgan fingerprint density at radius 2 is 2.05 bits per heavy atom. The summed E-state index contributed by atoms with van der Waals surface area (Å²) < 4.78 is 0.866. The van der Waals surface area contributed by atoms with Crippen LogP contribution in [-0.4, -0.2) is 17.0 Å².